The van der Waals surface area contributed by atoms with Gasteiger partial charge in [0.1, 0.15) is 13.4 Å². The van der Waals surface area contributed by atoms with E-state index in [9.17, 15) is 0 Å². The summed E-state index contributed by atoms with van der Waals surface area (Å²) >= 11 is 6.47. The maximum Gasteiger partial charge on any atom is 0.154 e. The van der Waals surface area contributed by atoms with Crippen LogP contribution in [-0.2, 0) is 0 Å². The molecule has 0 saturated carbocycles. The molecule has 0 unspecified atom stereocenters. The Labute approximate surface area is 116 Å². The molecule has 0 N–H and O–H groups in total. The molecule has 1 nitrogen and oxygen atoms in total. The Bertz CT molecular complexity index is 940. The summed E-state index contributed by atoms with van der Waals surface area (Å²) < 4.78 is 5.86. The maximum absolute atomic E-state index is 6.47. The first-order valence-electron chi connectivity index (χ1n) is 6.04. The van der Waals surface area contributed by atoms with Gasteiger partial charge >= 0.3 is 0 Å². The molecule has 4 rings (SSSR count). The van der Waals surface area contributed by atoms with E-state index in [1.165, 1.54) is 0 Å². The number of rotatable bonds is 0. The third kappa shape index (κ3) is 1.38. The monoisotopic (exact) mass is 262 g/mol. The normalized spacial score (nSPS) is 11.6. The Morgan fingerprint density at radius 1 is 0.842 bits per heavy atom. The molecule has 2 radical (unpaired) electrons. The summed E-state index contributed by atoms with van der Waals surface area (Å²) in [6, 6.07) is 15.7. The third-order valence-corrected chi connectivity index (χ3v) is 3.89. The van der Waals surface area contributed by atoms with Crippen LogP contribution in [0.15, 0.2) is 52.9 Å². The van der Waals surface area contributed by atoms with E-state index in [1.54, 1.807) is 0 Å². The van der Waals surface area contributed by atoms with Crippen LogP contribution in [0.1, 0.15) is 0 Å². The van der Waals surface area contributed by atoms with Gasteiger partial charge in [0.25, 0.3) is 0 Å². The van der Waals surface area contributed by atoms with Gasteiger partial charge in [-0.15, -0.1) is 0 Å². The van der Waals surface area contributed by atoms with Gasteiger partial charge in [0.05, 0.1) is 5.02 Å². The highest BCUT2D eigenvalue weighted by atomic mass is 35.5. The van der Waals surface area contributed by atoms with Crippen LogP contribution in [0, 0.1) is 0 Å². The second-order valence-corrected chi connectivity index (χ2v) is 4.95. The molecule has 0 saturated heterocycles. The van der Waals surface area contributed by atoms with E-state index in [0.717, 1.165) is 32.6 Å². The van der Waals surface area contributed by atoms with Crippen molar-refractivity contribution < 1.29 is 4.42 Å². The average molecular weight is 263 g/mol. The molecule has 19 heavy (non-hydrogen) atoms. The van der Waals surface area contributed by atoms with Crippen molar-refractivity contribution in [2.45, 2.75) is 0 Å². The molecule has 88 valence electrons. The van der Waals surface area contributed by atoms with Crippen LogP contribution >= 0.6 is 11.6 Å². The second kappa shape index (κ2) is 3.78. The zero-order chi connectivity index (χ0) is 13.0. The molecule has 0 aliphatic rings. The minimum absolute atomic E-state index is 0.621. The first-order chi connectivity index (χ1) is 9.27. The molecule has 1 heterocycles. The molecule has 3 aromatic carbocycles. The zero-order valence-corrected chi connectivity index (χ0v) is 10.7. The van der Waals surface area contributed by atoms with Gasteiger partial charge in [-0.05, 0) is 11.5 Å². The molecule has 0 atom stereocenters. The molecule has 0 spiro atoms. The van der Waals surface area contributed by atoms with E-state index in [1.807, 2.05) is 48.5 Å². The SMILES string of the molecule is [B]c1c2ccccc2c(Cl)c2oc3ccccc3c12. The Morgan fingerprint density at radius 2 is 1.47 bits per heavy atom. The summed E-state index contributed by atoms with van der Waals surface area (Å²) in [6.07, 6.45) is 0. The van der Waals surface area contributed by atoms with Crippen molar-refractivity contribution in [2.24, 2.45) is 0 Å². The summed E-state index contributed by atoms with van der Waals surface area (Å²) in [4.78, 5) is 0. The number of halogens is 1. The predicted octanol–water partition coefficient (Wildman–Crippen LogP) is 4.19. The fourth-order valence-electron chi connectivity index (χ4n) is 2.63. The number of benzene rings is 3. The lowest BCUT2D eigenvalue weighted by atomic mass is 9.86. The van der Waals surface area contributed by atoms with Crippen LogP contribution in [0.2, 0.25) is 5.02 Å². The van der Waals surface area contributed by atoms with Crippen LogP contribution < -0.4 is 5.46 Å². The highest BCUT2D eigenvalue weighted by Crippen LogP contribution is 2.36. The lowest BCUT2D eigenvalue weighted by Crippen LogP contribution is -2.05. The third-order valence-electron chi connectivity index (χ3n) is 3.52. The number of furan rings is 1. The zero-order valence-electron chi connectivity index (χ0n) is 9.98. The van der Waals surface area contributed by atoms with Gasteiger partial charge < -0.3 is 4.42 Å². The van der Waals surface area contributed by atoms with Crippen LogP contribution in [0.3, 0.4) is 0 Å². The molecule has 0 aliphatic heterocycles. The first-order valence-corrected chi connectivity index (χ1v) is 6.42. The predicted molar refractivity (Wildman–Crippen MR) is 81.6 cm³/mol. The van der Waals surface area contributed by atoms with E-state index < -0.39 is 0 Å². The number of hydrogen-bond donors (Lipinski definition) is 0. The molecular formula is C16H8BClO. The Morgan fingerprint density at radius 3 is 2.26 bits per heavy atom. The van der Waals surface area contributed by atoms with Gasteiger partial charge in [-0.3, -0.25) is 0 Å². The topological polar surface area (TPSA) is 13.1 Å². The van der Waals surface area contributed by atoms with Crippen molar-refractivity contribution in [3.8, 4) is 0 Å². The fourth-order valence-corrected chi connectivity index (χ4v) is 2.93. The number of fused-ring (bicyclic) bond motifs is 4. The van der Waals surface area contributed by atoms with E-state index in [2.05, 4.69) is 0 Å². The van der Waals surface area contributed by atoms with Crippen molar-refractivity contribution in [3.05, 3.63) is 53.6 Å². The molecule has 0 amide bonds. The maximum atomic E-state index is 6.47. The lowest BCUT2D eigenvalue weighted by molar-refractivity contribution is 0.669. The molecule has 0 bridgehead atoms. The van der Waals surface area contributed by atoms with Crippen LogP contribution in [0.25, 0.3) is 32.7 Å². The van der Waals surface area contributed by atoms with E-state index >= 15 is 0 Å². The standard InChI is InChI=1S/C16H8BClO/c17-14-9-5-1-2-6-10(9)15(18)16-13(14)11-7-3-4-8-12(11)19-16/h1-8H. The summed E-state index contributed by atoms with van der Waals surface area (Å²) in [5, 5.41) is 4.41. The van der Waals surface area contributed by atoms with Crippen LogP contribution in [0.4, 0.5) is 0 Å². The van der Waals surface area contributed by atoms with Gasteiger partial charge in [-0.1, -0.05) is 59.5 Å². The van der Waals surface area contributed by atoms with Gasteiger partial charge in [-0.2, -0.15) is 0 Å². The Kier molecular flexibility index (Phi) is 2.18. The molecular weight excluding hydrogens is 254 g/mol. The highest BCUT2D eigenvalue weighted by Gasteiger charge is 2.15. The van der Waals surface area contributed by atoms with Crippen LogP contribution in [0.5, 0.6) is 0 Å². The van der Waals surface area contributed by atoms with Crippen molar-refractivity contribution in [1.82, 2.24) is 0 Å². The fraction of sp³-hybridized carbons (Fsp3) is 0. The summed E-state index contributed by atoms with van der Waals surface area (Å²) in [5.74, 6) is 0. The minimum atomic E-state index is 0.621. The Hall–Kier alpha value is -1.93. The first kappa shape index (κ1) is 10.9. The van der Waals surface area contributed by atoms with E-state index in [-0.39, 0.29) is 0 Å². The van der Waals surface area contributed by atoms with Gasteiger partial charge in [0.2, 0.25) is 0 Å². The minimum Gasteiger partial charge on any atom is -0.454 e. The summed E-state index contributed by atoms with van der Waals surface area (Å²) in [5.41, 5.74) is 2.19. The van der Waals surface area contributed by atoms with Crippen molar-refractivity contribution in [3.63, 3.8) is 0 Å². The molecule has 0 fully saturated rings. The Balaban J connectivity index is 2.39. The second-order valence-electron chi connectivity index (χ2n) is 4.58. The molecule has 4 aromatic rings. The van der Waals surface area contributed by atoms with Crippen molar-refractivity contribution in [1.29, 1.82) is 0 Å². The van der Waals surface area contributed by atoms with Crippen molar-refractivity contribution >= 4 is 57.6 Å². The largest absolute Gasteiger partial charge is 0.454 e. The lowest BCUT2D eigenvalue weighted by Gasteiger charge is -2.06. The van der Waals surface area contributed by atoms with Gasteiger partial charge in [-0.25, -0.2) is 0 Å². The number of hydrogen-bond acceptors (Lipinski definition) is 1. The van der Waals surface area contributed by atoms with Crippen molar-refractivity contribution in [2.75, 3.05) is 0 Å². The average Bonchev–Trinajstić information content (AvgIpc) is 2.84. The van der Waals surface area contributed by atoms with Gasteiger partial charge in [0, 0.05) is 16.2 Å². The quantitative estimate of drug-likeness (QED) is 0.433. The smallest absolute Gasteiger partial charge is 0.154 e. The van der Waals surface area contributed by atoms with E-state index in [4.69, 9.17) is 23.9 Å². The summed E-state index contributed by atoms with van der Waals surface area (Å²) in [7, 11) is 6.32. The molecule has 0 aliphatic carbocycles. The number of para-hydroxylation sites is 1. The molecule has 1 aromatic heterocycles. The summed E-state index contributed by atoms with van der Waals surface area (Å²) in [6.45, 7) is 0. The van der Waals surface area contributed by atoms with Crippen LogP contribution in [-0.4, -0.2) is 7.85 Å². The highest BCUT2D eigenvalue weighted by molar-refractivity contribution is 6.52. The van der Waals surface area contributed by atoms with E-state index in [0.29, 0.717) is 10.6 Å². The van der Waals surface area contributed by atoms with Gasteiger partial charge in [0.15, 0.2) is 5.58 Å². The molecule has 3 heteroatoms.